The molecule has 6 nitrogen and oxygen atoms in total. The van der Waals surface area contributed by atoms with E-state index >= 15 is 0 Å². The Morgan fingerprint density at radius 2 is 1.90 bits per heavy atom. The van der Waals surface area contributed by atoms with Gasteiger partial charge in [-0.1, -0.05) is 54.6 Å². The van der Waals surface area contributed by atoms with E-state index in [0.717, 1.165) is 36.9 Å². The first-order valence-electron chi connectivity index (χ1n) is 10.1. The maximum Gasteiger partial charge on any atom is 0.203 e. The molecule has 0 bridgehead atoms. The van der Waals surface area contributed by atoms with Gasteiger partial charge in [-0.25, -0.2) is 4.98 Å². The molecule has 6 heteroatoms. The van der Waals surface area contributed by atoms with E-state index in [4.69, 9.17) is 5.73 Å². The number of aromatic nitrogens is 4. The lowest BCUT2D eigenvalue weighted by molar-refractivity contribution is 0.508. The van der Waals surface area contributed by atoms with E-state index in [0.29, 0.717) is 17.5 Å². The van der Waals surface area contributed by atoms with Crippen LogP contribution in [0.3, 0.4) is 0 Å². The fourth-order valence-corrected chi connectivity index (χ4v) is 4.50. The normalized spacial score (nSPS) is 16.8. The number of nitrogens with two attached hydrogens (primary N) is 1. The molecule has 2 atom stereocenters. The van der Waals surface area contributed by atoms with Crippen molar-refractivity contribution in [3.8, 4) is 0 Å². The van der Waals surface area contributed by atoms with Crippen molar-refractivity contribution in [2.75, 3.05) is 12.3 Å². The molecule has 146 valence electrons. The Morgan fingerprint density at radius 1 is 1.07 bits per heavy atom. The van der Waals surface area contributed by atoms with Crippen LogP contribution < -0.4 is 11.1 Å². The van der Waals surface area contributed by atoms with Crippen LogP contribution in [0.5, 0.6) is 0 Å². The molecule has 29 heavy (non-hydrogen) atoms. The third-order valence-electron chi connectivity index (χ3n) is 5.88. The number of hydrogen-bond donors (Lipinski definition) is 3. The summed E-state index contributed by atoms with van der Waals surface area (Å²) >= 11 is 0. The number of rotatable bonds is 6. The maximum absolute atomic E-state index is 6.07. The van der Waals surface area contributed by atoms with E-state index < -0.39 is 0 Å². The summed E-state index contributed by atoms with van der Waals surface area (Å²) in [6.07, 6.45) is 3.25. The first-order chi connectivity index (χ1) is 14.3. The molecule has 2 heterocycles. The molecule has 0 amide bonds. The molecule has 4 N–H and O–H groups in total. The number of nitrogens with one attached hydrogen (secondary N) is 2. The second-order valence-corrected chi connectivity index (χ2v) is 7.63. The molecular formula is C23H24N6. The summed E-state index contributed by atoms with van der Waals surface area (Å²) in [5.41, 5.74) is 12.7. The minimum absolute atomic E-state index is 0.165. The smallest absolute Gasteiger partial charge is 0.203 e. The van der Waals surface area contributed by atoms with Crippen molar-refractivity contribution in [3.05, 3.63) is 82.9 Å². The largest absolute Gasteiger partial charge is 0.384 e. The van der Waals surface area contributed by atoms with Gasteiger partial charge in [-0.3, -0.25) is 0 Å². The second-order valence-electron chi connectivity index (χ2n) is 7.63. The van der Waals surface area contributed by atoms with Crippen molar-refractivity contribution in [3.63, 3.8) is 0 Å². The van der Waals surface area contributed by atoms with Gasteiger partial charge < -0.3 is 11.1 Å². The molecule has 5 rings (SSSR count). The lowest BCUT2D eigenvalue weighted by atomic mass is 9.88. The summed E-state index contributed by atoms with van der Waals surface area (Å²) in [5, 5.41) is 15.0. The Morgan fingerprint density at radius 3 is 2.79 bits per heavy atom. The highest BCUT2D eigenvalue weighted by Gasteiger charge is 2.23. The van der Waals surface area contributed by atoms with Crippen LogP contribution in [-0.2, 0) is 6.42 Å². The minimum Gasteiger partial charge on any atom is -0.384 e. The Labute approximate surface area is 169 Å². The maximum atomic E-state index is 6.07. The van der Waals surface area contributed by atoms with Gasteiger partial charge in [0.05, 0.1) is 0 Å². The van der Waals surface area contributed by atoms with Gasteiger partial charge in [-0.15, -0.1) is 5.10 Å². The van der Waals surface area contributed by atoms with Crippen LogP contribution in [0.25, 0.3) is 11.2 Å². The number of hydrogen-bond acceptors (Lipinski definition) is 5. The molecule has 0 aliphatic heterocycles. The van der Waals surface area contributed by atoms with Gasteiger partial charge in [0.2, 0.25) is 5.65 Å². The first kappa shape index (κ1) is 17.8. The molecule has 0 spiro atoms. The van der Waals surface area contributed by atoms with Gasteiger partial charge in [0.25, 0.3) is 0 Å². The van der Waals surface area contributed by atoms with Gasteiger partial charge in [0.15, 0.2) is 0 Å². The Balaban J connectivity index is 1.41. The van der Waals surface area contributed by atoms with E-state index in [1.165, 1.54) is 16.7 Å². The van der Waals surface area contributed by atoms with E-state index in [1.54, 1.807) is 0 Å². The predicted molar refractivity (Wildman–Crippen MR) is 115 cm³/mol. The highest BCUT2D eigenvalue weighted by Crippen LogP contribution is 2.34. The zero-order valence-electron chi connectivity index (χ0n) is 16.2. The highest BCUT2D eigenvalue weighted by atomic mass is 15.3. The van der Waals surface area contributed by atoms with Crippen LogP contribution in [0.15, 0.2) is 60.7 Å². The van der Waals surface area contributed by atoms with E-state index in [-0.39, 0.29) is 5.92 Å². The average molecular weight is 384 g/mol. The second kappa shape index (κ2) is 7.64. The van der Waals surface area contributed by atoms with Gasteiger partial charge in [-0.2, -0.15) is 10.3 Å². The van der Waals surface area contributed by atoms with Gasteiger partial charge in [0.1, 0.15) is 11.3 Å². The van der Waals surface area contributed by atoms with Crippen LogP contribution in [0.4, 0.5) is 5.82 Å². The quantitative estimate of drug-likeness (QED) is 0.471. The Kier molecular flexibility index (Phi) is 4.69. The molecule has 2 unspecified atom stereocenters. The zero-order valence-corrected chi connectivity index (χ0v) is 16.2. The van der Waals surface area contributed by atoms with Crippen LogP contribution in [0.1, 0.15) is 47.1 Å². The number of aromatic amines is 1. The molecule has 1 aliphatic carbocycles. The number of benzene rings is 2. The summed E-state index contributed by atoms with van der Waals surface area (Å²) in [5.74, 6) is 0.637. The number of H-pyrrole nitrogens is 1. The number of nitrogens with zero attached hydrogens (tertiary/aromatic N) is 3. The molecule has 2 aromatic carbocycles. The third kappa shape index (κ3) is 3.47. The summed E-state index contributed by atoms with van der Waals surface area (Å²) in [4.78, 5) is 4.30. The molecule has 4 aromatic rings. The van der Waals surface area contributed by atoms with Crippen LogP contribution in [0, 0.1) is 0 Å². The zero-order chi connectivity index (χ0) is 19.6. The minimum atomic E-state index is 0.165. The van der Waals surface area contributed by atoms with E-state index in [2.05, 4.69) is 74.2 Å². The van der Waals surface area contributed by atoms with Crippen molar-refractivity contribution in [2.45, 2.75) is 31.2 Å². The molecule has 2 aromatic heterocycles. The fraction of sp³-hybridized carbons (Fsp3) is 0.261. The van der Waals surface area contributed by atoms with Crippen LogP contribution >= 0.6 is 0 Å². The number of anilines is 1. The van der Waals surface area contributed by atoms with Crippen molar-refractivity contribution in [1.82, 2.24) is 25.7 Å². The van der Waals surface area contributed by atoms with Crippen LogP contribution in [-0.4, -0.2) is 26.9 Å². The summed E-state index contributed by atoms with van der Waals surface area (Å²) in [7, 11) is 0. The van der Waals surface area contributed by atoms with Gasteiger partial charge in [0, 0.05) is 12.0 Å². The van der Waals surface area contributed by atoms with Crippen molar-refractivity contribution in [2.24, 2.45) is 0 Å². The number of fused-ring (bicyclic) bond motifs is 2. The summed E-state index contributed by atoms with van der Waals surface area (Å²) < 4.78 is 0. The van der Waals surface area contributed by atoms with E-state index in [1.807, 2.05) is 12.1 Å². The number of pyridine rings is 1. The highest BCUT2D eigenvalue weighted by molar-refractivity contribution is 5.77. The molecule has 0 saturated heterocycles. The average Bonchev–Trinajstić information content (AvgIpc) is 3.38. The topological polar surface area (TPSA) is 92.5 Å². The SMILES string of the molecule is Nc1cc(C(CCNC2CCc3ccccc32)c2ccccc2)c2n[nH]nc2n1. The standard InChI is InChI=1S/C23H24N6/c24-21-14-19(22-23(26-21)28-29-27-22)17(15-6-2-1-3-7-15)12-13-25-20-11-10-16-8-4-5-9-18(16)20/h1-9,14,17,20,25H,10-13H2,(H3,24,26,27,28,29). The summed E-state index contributed by atoms with van der Waals surface area (Å²) in [6.45, 7) is 0.903. The molecular weight excluding hydrogens is 360 g/mol. The third-order valence-corrected chi connectivity index (χ3v) is 5.88. The molecule has 0 radical (unpaired) electrons. The summed E-state index contributed by atoms with van der Waals surface area (Å²) in [6, 6.07) is 21.6. The first-order valence-corrected chi connectivity index (χ1v) is 10.1. The van der Waals surface area contributed by atoms with Crippen molar-refractivity contribution < 1.29 is 0 Å². The monoisotopic (exact) mass is 384 g/mol. The molecule has 0 saturated carbocycles. The van der Waals surface area contributed by atoms with Crippen molar-refractivity contribution >= 4 is 17.0 Å². The Hall–Kier alpha value is -3.25. The predicted octanol–water partition coefficient (Wildman–Crippen LogP) is 3.73. The number of nitrogen functional groups attached to an aromatic ring is 1. The fourth-order valence-electron chi connectivity index (χ4n) is 4.50. The Bertz CT molecular complexity index is 1120. The number of aryl methyl sites for hydroxylation is 1. The van der Waals surface area contributed by atoms with Crippen molar-refractivity contribution in [1.29, 1.82) is 0 Å². The molecule has 0 fully saturated rings. The van der Waals surface area contributed by atoms with Gasteiger partial charge in [-0.05, 0) is 54.1 Å². The van der Waals surface area contributed by atoms with Crippen LogP contribution in [0.2, 0.25) is 0 Å². The lowest BCUT2D eigenvalue weighted by Crippen LogP contribution is -2.22. The van der Waals surface area contributed by atoms with E-state index in [9.17, 15) is 0 Å². The van der Waals surface area contributed by atoms with Gasteiger partial charge >= 0.3 is 0 Å². The lowest BCUT2D eigenvalue weighted by Gasteiger charge is -2.21. The molecule has 1 aliphatic rings.